The number of hydrogen-bond acceptors (Lipinski definition) is 4. The molecule has 3 aliphatic heterocycles. The van der Waals surface area contributed by atoms with Gasteiger partial charge in [0.2, 0.25) is 0 Å². The summed E-state index contributed by atoms with van der Waals surface area (Å²) >= 11 is 1.99. The predicted octanol–water partition coefficient (Wildman–Crippen LogP) is 4.82. The predicted molar refractivity (Wildman–Crippen MR) is 112 cm³/mol. The van der Waals surface area contributed by atoms with E-state index in [-0.39, 0.29) is 6.09 Å². The lowest BCUT2D eigenvalue weighted by Crippen LogP contribution is -2.49. The van der Waals surface area contributed by atoms with Crippen LogP contribution in [0.1, 0.15) is 50.7 Å². The molecule has 4 rings (SSSR count). The second-order valence-electron chi connectivity index (χ2n) is 8.81. The van der Waals surface area contributed by atoms with Gasteiger partial charge in [0.05, 0.1) is 5.69 Å². The van der Waals surface area contributed by atoms with E-state index in [0.717, 1.165) is 32.5 Å². The monoisotopic (exact) mass is 386 g/mol. The molecule has 1 aromatic carbocycles. The topological polar surface area (TPSA) is 32.8 Å². The van der Waals surface area contributed by atoms with Crippen LogP contribution in [-0.2, 0) is 11.2 Å². The first kappa shape index (κ1) is 18.7. The summed E-state index contributed by atoms with van der Waals surface area (Å²) in [5.41, 5.74) is 3.75. The Labute approximate surface area is 166 Å². The maximum Gasteiger partial charge on any atom is 0.410 e. The summed E-state index contributed by atoms with van der Waals surface area (Å²) in [6.07, 6.45) is 4.93. The Morgan fingerprint density at radius 2 is 2.19 bits per heavy atom. The van der Waals surface area contributed by atoms with E-state index in [1.54, 1.807) is 0 Å². The summed E-state index contributed by atoms with van der Waals surface area (Å²) in [4.78, 5) is 18.6. The lowest BCUT2D eigenvalue weighted by atomic mass is 9.88. The zero-order valence-electron chi connectivity index (χ0n) is 16.7. The number of allylic oxidation sites excluding steroid dienone is 1. The summed E-state index contributed by atoms with van der Waals surface area (Å²) in [5, 5.41) is 0. The van der Waals surface area contributed by atoms with E-state index < -0.39 is 5.60 Å². The van der Waals surface area contributed by atoms with Gasteiger partial charge in [-0.1, -0.05) is 12.1 Å². The zero-order chi connectivity index (χ0) is 19.2. The van der Waals surface area contributed by atoms with Crippen LogP contribution in [0.3, 0.4) is 0 Å². The molecule has 1 fully saturated rings. The smallest absolute Gasteiger partial charge is 0.410 e. The van der Waals surface area contributed by atoms with Crippen molar-refractivity contribution in [1.82, 2.24) is 4.90 Å². The number of amides is 1. The van der Waals surface area contributed by atoms with E-state index in [0.29, 0.717) is 12.0 Å². The number of thioether (sulfide) groups is 1. The summed E-state index contributed by atoms with van der Waals surface area (Å²) in [6.45, 7) is 12.4. The van der Waals surface area contributed by atoms with Crippen molar-refractivity contribution in [3.8, 4) is 0 Å². The molecule has 27 heavy (non-hydrogen) atoms. The summed E-state index contributed by atoms with van der Waals surface area (Å²) in [5.74, 6) is 1.56. The average molecular weight is 387 g/mol. The molecule has 0 unspecified atom stereocenters. The van der Waals surface area contributed by atoms with Crippen molar-refractivity contribution in [2.45, 2.75) is 62.5 Å². The van der Waals surface area contributed by atoms with Crippen LogP contribution in [0.5, 0.6) is 0 Å². The number of fused-ring (bicyclic) bond motifs is 3. The van der Waals surface area contributed by atoms with Gasteiger partial charge in [-0.3, -0.25) is 0 Å². The van der Waals surface area contributed by atoms with Crippen molar-refractivity contribution in [3.05, 3.63) is 35.9 Å². The first-order valence-corrected chi connectivity index (χ1v) is 11.0. The molecule has 0 aromatic heterocycles. The van der Waals surface area contributed by atoms with Crippen LogP contribution in [0.2, 0.25) is 0 Å². The Morgan fingerprint density at radius 3 is 2.93 bits per heavy atom. The molecule has 0 radical (unpaired) electrons. The molecule has 0 aliphatic carbocycles. The van der Waals surface area contributed by atoms with Gasteiger partial charge < -0.3 is 14.5 Å². The standard InChI is InChI=1S/C22H30N2O2S/c1-5-7-15-12-16-17-14-23(21(25)26-22(2,3)4)10-8-18(17)24-9-6-11-27-19(13-15)20(16)24/h5,12-13,17-18H,1,6-11,14H2,2-4H3/t17-,18-/m0/s1. The molecule has 1 aromatic rings. The fraction of sp³-hybridized carbons (Fsp3) is 0.591. The van der Waals surface area contributed by atoms with Crippen LogP contribution < -0.4 is 4.90 Å². The lowest BCUT2D eigenvalue weighted by molar-refractivity contribution is 0.0189. The van der Waals surface area contributed by atoms with Crippen molar-refractivity contribution in [1.29, 1.82) is 0 Å². The highest BCUT2D eigenvalue weighted by Crippen LogP contribution is 2.51. The molecule has 3 aliphatic rings. The minimum Gasteiger partial charge on any atom is -0.444 e. The molecule has 5 heteroatoms. The Hall–Kier alpha value is -1.62. The average Bonchev–Trinajstić information content (AvgIpc) is 2.75. The molecule has 0 saturated carbocycles. The van der Waals surface area contributed by atoms with E-state index in [9.17, 15) is 4.79 Å². The number of likely N-dealkylation sites (tertiary alicyclic amines) is 1. The number of piperidine rings is 1. The maximum absolute atomic E-state index is 12.6. The van der Waals surface area contributed by atoms with Gasteiger partial charge in [0.15, 0.2) is 0 Å². The molecular formula is C22H30N2O2S. The number of carbonyl (C=O) groups excluding carboxylic acids is 1. The first-order valence-electron chi connectivity index (χ1n) is 10.0. The van der Waals surface area contributed by atoms with E-state index in [1.807, 2.05) is 43.5 Å². The lowest BCUT2D eigenvalue weighted by Gasteiger charge is -2.39. The maximum atomic E-state index is 12.6. The number of hydrogen-bond donors (Lipinski definition) is 0. The normalized spacial score (nSPS) is 24.1. The van der Waals surface area contributed by atoms with Crippen molar-refractivity contribution < 1.29 is 9.53 Å². The van der Waals surface area contributed by atoms with Crippen LogP contribution in [-0.4, -0.2) is 48.0 Å². The van der Waals surface area contributed by atoms with Crippen LogP contribution in [0.25, 0.3) is 0 Å². The fourth-order valence-electron chi connectivity index (χ4n) is 4.64. The molecule has 1 saturated heterocycles. The molecule has 146 valence electrons. The third-order valence-electron chi connectivity index (χ3n) is 5.66. The third-order valence-corrected chi connectivity index (χ3v) is 6.78. The van der Waals surface area contributed by atoms with Crippen molar-refractivity contribution in [2.75, 3.05) is 30.3 Å². The fourth-order valence-corrected chi connectivity index (χ4v) is 5.74. The molecule has 0 bridgehead atoms. The molecular weight excluding hydrogens is 356 g/mol. The molecule has 0 spiro atoms. The zero-order valence-corrected chi connectivity index (χ0v) is 17.5. The van der Waals surface area contributed by atoms with Crippen LogP contribution >= 0.6 is 11.8 Å². The van der Waals surface area contributed by atoms with E-state index in [4.69, 9.17) is 4.74 Å². The SMILES string of the molecule is C=CCc1cc2c3c(c1)[C@@H]1CN(C(=O)OC(C)(C)C)CC[C@@H]1N3CCCS2. The number of benzene rings is 1. The molecule has 1 amide bonds. The molecule has 4 nitrogen and oxygen atoms in total. The quantitative estimate of drug-likeness (QED) is 0.682. The minimum absolute atomic E-state index is 0.176. The van der Waals surface area contributed by atoms with Crippen LogP contribution in [0.15, 0.2) is 29.7 Å². The third kappa shape index (κ3) is 3.58. The van der Waals surface area contributed by atoms with Gasteiger partial charge in [0.1, 0.15) is 5.60 Å². The second kappa shape index (κ2) is 7.08. The first-order chi connectivity index (χ1) is 12.9. The van der Waals surface area contributed by atoms with Gasteiger partial charge in [-0.25, -0.2) is 4.79 Å². The van der Waals surface area contributed by atoms with Gasteiger partial charge in [-0.15, -0.1) is 18.3 Å². The van der Waals surface area contributed by atoms with E-state index >= 15 is 0 Å². The summed E-state index contributed by atoms with van der Waals surface area (Å²) < 4.78 is 5.64. The van der Waals surface area contributed by atoms with Gasteiger partial charge in [0, 0.05) is 36.5 Å². The number of rotatable bonds is 2. The van der Waals surface area contributed by atoms with E-state index in [1.165, 1.54) is 33.9 Å². The van der Waals surface area contributed by atoms with Crippen LogP contribution in [0.4, 0.5) is 10.5 Å². The largest absolute Gasteiger partial charge is 0.444 e. The minimum atomic E-state index is -0.449. The van der Waals surface area contributed by atoms with Gasteiger partial charge in [0.25, 0.3) is 0 Å². The van der Waals surface area contributed by atoms with Crippen molar-refractivity contribution in [2.24, 2.45) is 0 Å². The number of carbonyl (C=O) groups is 1. The highest BCUT2D eigenvalue weighted by molar-refractivity contribution is 7.99. The van der Waals surface area contributed by atoms with Gasteiger partial charge >= 0.3 is 6.09 Å². The molecule has 0 N–H and O–H groups in total. The summed E-state index contributed by atoms with van der Waals surface area (Å²) in [6, 6.07) is 5.23. The number of anilines is 1. The van der Waals surface area contributed by atoms with Gasteiger partial charge in [-0.2, -0.15) is 0 Å². The Kier molecular flexibility index (Phi) is 4.91. The van der Waals surface area contributed by atoms with E-state index in [2.05, 4.69) is 23.6 Å². The number of ether oxygens (including phenoxy) is 1. The van der Waals surface area contributed by atoms with Crippen LogP contribution in [0, 0.1) is 0 Å². The Bertz CT molecular complexity index is 755. The Morgan fingerprint density at radius 1 is 1.37 bits per heavy atom. The van der Waals surface area contributed by atoms with Gasteiger partial charge in [-0.05, 0) is 63.0 Å². The highest BCUT2D eigenvalue weighted by atomic mass is 32.2. The highest BCUT2D eigenvalue weighted by Gasteiger charge is 2.45. The van der Waals surface area contributed by atoms with Crippen molar-refractivity contribution in [3.63, 3.8) is 0 Å². The Balaban J connectivity index is 1.66. The van der Waals surface area contributed by atoms with Crippen molar-refractivity contribution >= 4 is 23.5 Å². The summed E-state index contributed by atoms with van der Waals surface area (Å²) in [7, 11) is 0. The molecule has 2 atom stereocenters. The second-order valence-corrected chi connectivity index (χ2v) is 9.95. The molecule has 3 heterocycles. The number of nitrogens with zero attached hydrogens (tertiary/aromatic N) is 2.